The standard InChI is InChI=1S/C10H9ClFN3O2S/c11-8-5-7(12)1-2-9(8)18(16,17)15-6-10-13-3-4-14-10/h1-5,15H,6H2,(H,13,14). The Morgan fingerprint density at radius 1 is 1.44 bits per heavy atom. The summed E-state index contributed by atoms with van der Waals surface area (Å²) in [5.41, 5.74) is 0. The molecule has 0 saturated carbocycles. The first-order valence-corrected chi connectivity index (χ1v) is 6.78. The number of sulfonamides is 1. The normalized spacial score (nSPS) is 11.7. The lowest BCUT2D eigenvalue weighted by Crippen LogP contribution is -2.24. The first kappa shape index (κ1) is 13.0. The van der Waals surface area contributed by atoms with Crippen LogP contribution in [-0.4, -0.2) is 18.4 Å². The number of hydrogen-bond acceptors (Lipinski definition) is 3. The van der Waals surface area contributed by atoms with Gasteiger partial charge in [-0.25, -0.2) is 22.5 Å². The lowest BCUT2D eigenvalue weighted by Gasteiger charge is -2.07. The first-order valence-electron chi connectivity index (χ1n) is 4.92. The molecule has 2 rings (SSSR count). The van der Waals surface area contributed by atoms with Crippen LogP contribution in [0.1, 0.15) is 5.82 Å². The number of rotatable bonds is 4. The van der Waals surface area contributed by atoms with Crippen LogP contribution >= 0.6 is 11.6 Å². The number of nitrogens with one attached hydrogen (secondary N) is 2. The molecule has 0 saturated heterocycles. The van der Waals surface area contributed by atoms with E-state index in [1.165, 1.54) is 6.20 Å². The number of hydrogen-bond donors (Lipinski definition) is 2. The third-order valence-electron chi connectivity index (χ3n) is 2.17. The number of imidazole rings is 1. The van der Waals surface area contributed by atoms with Crippen molar-refractivity contribution in [2.45, 2.75) is 11.4 Å². The van der Waals surface area contributed by atoms with Crippen molar-refractivity contribution in [1.29, 1.82) is 0 Å². The molecule has 1 aromatic heterocycles. The third kappa shape index (κ3) is 2.87. The van der Waals surface area contributed by atoms with Crippen LogP contribution in [0.3, 0.4) is 0 Å². The predicted molar refractivity (Wildman–Crippen MR) is 64.0 cm³/mol. The topological polar surface area (TPSA) is 74.8 Å². The molecule has 0 atom stereocenters. The van der Waals surface area contributed by atoms with Gasteiger partial charge in [0.05, 0.1) is 11.6 Å². The first-order chi connectivity index (χ1) is 8.49. The highest BCUT2D eigenvalue weighted by molar-refractivity contribution is 7.89. The summed E-state index contributed by atoms with van der Waals surface area (Å²) in [6.07, 6.45) is 3.09. The minimum atomic E-state index is -3.79. The fraction of sp³-hybridized carbons (Fsp3) is 0.100. The maximum absolute atomic E-state index is 12.8. The van der Waals surface area contributed by atoms with Gasteiger partial charge in [-0.05, 0) is 18.2 Å². The molecule has 1 aromatic carbocycles. The van der Waals surface area contributed by atoms with Gasteiger partial charge in [0.1, 0.15) is 16.5 Å². The van der Waals surface area contributed by atoms with Crippen LogP contribution in [-0.2, 0) is 16.6 Å². The smallest absolute Gasteiger partial charge is 0.242 e. The van der Waals surface area contributed by atoms with E-state index in [1.54, 1.807) is 6.20 Å². The van der Waals surface area contributed by atoms with Crippen molar-refractivity contribution in [2.24, 2.45) is 0 Å². The second-order valence-corrected chi connectivity index (χ2v) is 5.58. The summed E-state index contributed by atoms with van der Waals surface area (Å²) in [5.74, 6) is -0.123. The van der Waals surface area contributed by atoms with E-state index in [1.807, 2.05) is 0 Å². The van der Waals surface area contributed by atoms with E-state index in [0.717, 1.165) is 18.2 Å². The van der Waals surface area contributed by atoms with E-state index in [2.05, 4.69) is 14.7 Å². The van der Waals surface area contributed by atoms with Crippen molar-refractivity contribution in [3.63, 3.8) is 0 Å². The molecule has 0 bridgehead atoms. The van der Waals surface area contributed by atoms with Gasteiger partial charge in [-0.15, -0.1) is 0 Å². The summed E-state index contributed by atoms with van der Waals surface area (Å²) < 4.78 is 38.9. The number of aromatic amines is 1. The van der Waals surface area contributed by atoms with Gasteiger partial charge in [-0.2, -0.15) is 0 Å². The molecule has 96 valence electrons. The van der Waals surface area contributed by atoms with Crippen molar-refractivity contribution in [2.75, 3.05) is 0 Å². The van der Waals surface area contributed by atoms with Gasteiger partial charge in [-0.3, -0.25) is 0 Å². The van der Waals surface area contributed by atoms with Gasteiger partial charge in [0.2, 0.25) is 10.0 Å². The Bertz CT molecular complexity index is 643. The Hall–Kier alpha value is -1.44. The van der Waals surface area contributed by atoms with Gasteiger partial charge in [-0.1, -0.05) is 11.6 Å². The zero-order chi connectivity index (χ0) is 13.2. The Morgan fingerprint density at radius 3 is 2.83 bits per heavy atom. The molecule has 0 amide bonds. The van der Waals surface area contributed by atoms with Crippen LogP contribution < -0.4 is 4.72 Å². The van der Waals surface area contributed by atoms with Crippen molar-refractivity contribution in [3.05, 3.63) is 47.3 Å². The van der Waals surface area contributed by atoms with E-state index in [4.69, 9.17) is 11.6 Å². The highest BCUT2D eigenvalue weighted by Gasteiger charge is 2.18. The average molecular weight is 290 g/mol. The summed E-state index contributed by atoms with van der Waals surface area (Å²) in [6, 6.07) is 3.10. The van der Waals surface area contributed by atoms with Gasteiger partial charge in [0.25, 0.3) is 0 Å². The lowest BCUT2D eigenvalue weighted by atomic mass is 10.3. The van der Waals surface area contributed by atoms with Crippen LogP contribution in [0.25, 0.3) is 0 Å². The van der Waals surface area contributed by atoms with Crippen LogP contribution in [0.5, 0.6) is 0 Å². The Morgan fingerprint density at radius 2 is 2.22 bits per heavy atom. The highest BCUT2D eigenvalue weighted by atomic mass is 35.5. The fourth-order valence-electron chi connectivity index (χ4n) is 1.33. The van der Waals surface area contributed by atoms with E-state index in [-0.39, 0.29) is 16.5 Å². The van der Waals surface area contributed by atoms with Crippen molar-refractivity contribution in [3.8, 4) is 0 Å². The summed E-state index contributed by atoms with van der Waals surface area (Å²) >= 11 is 5.69. The molecular formula is C10H9ClFN3O2S. The second kappa shape index (κ2) is 5.05. The number of H-pyrrole nitrogens is 1. The number of halogens is 2. The van der Waals surface area contributed by atoms with E-state index >= 15 is 0 Å². The molecule has 0 aliphatic rings. The van der Waals surface area contributed by atoms with Crippen LogP contribution in [0.4, 0.5) is 4.39 Å². The molecule has 2 aromatic rings. The molecule has 8 heteroatoms. The van der Waals surface area contributed by atoms with Crippen molar-refractivity contribution >= 4 is 21.6 Å². The minimum Gasteiger partial charge on any atom is -0.347 e. The maximum atomic E-state index is 12.8. The molecule has 5 nitrogen and oxygen atoms in total. The number of nitrogens with zero attached hydrogens (tertiary/aromatic N) is 1. The molecule has 0 unspecified atom stereocenters. The molecule has 18 heavy (non-hydrogen) atoms. The van der Waals surface area contributed by atoms with E-state index in [0.29, 0.717) is 5.82 Å². The molecule has 2 N–H and O–H groups in total. The highest BCUT2D eigenvalue weighted by Crippen LogP contribution is 2.21. The monoisotopic (exact) mass is 289 g/mol. The van der Waals surface area contributed by atoms with E-state index < -0.39 is 15.8 Å². The summed E-state index contributed by atoms with van der Waals surface area (Å²) in [4.78, 5) is 6.46. The molecule has 0 aliphatic heterocycles. The minimum absolute atomic E-state index is 0.00301. The molecular weight excluding hydrogens is 281 g/mol. The van der Waals surface area contributed by atoms with E-state index in [9.17, 15) is 12.8 Å². The Balaban J connectivity index is 2.20. The van der Waals surface area contributed by atoms with Crippen LogP contribution in [0.2, 0.25) is 5.02 Å². The molecule has 0 aliphatic carbocycles. The van der Waals surface area contributed by atoms with Crippen molar-refractivity contribution in [1.82, 2.24) is 14.7 Å². The third-order valence-corrected chi connectivity index (χ3v) is 4.05. The van der Waals surface area contributed by atoms with Crippen LogP contribution in [0.15, 0.2) is 35.5 Å². The molecule has 0 spiro atoms. The van der Waals surface area contributed by atoms with Gasteiger partial charge in [0, 0.05) is 12.4 Å². The second-order valence-electron chi connectivity index (χ2n) is 3.44. The Labute approximate surface area is 108 Å². The quantitative estimate of drug-likeness (QED) is 0.899. The largest absolute Gasteiger partial charge is 0.347 e. The van der Waals surface area contributed by atoms with Gasteiger partial charge in [0.15, 0.2) is 0 Å². The van der Waals surface area contributed by atoms with Crippen molar-refractivity contribution < 1.29 is 12.8 Å². The van der Waals surface area contributed by atoms with Gasteiger partial charge < -0.3 is 4.98 Å². The van der Waals surface area contributed by atoms with Gasteiger partial charge >= 0.3 is 0 Å². The SMILES string of the molecule is O=S(=O)(NCc1ncc[nH]1)c1ccc(F)cc1Cl. The van der Waals surface area contributed by atoms with Crippen LogP contribution in [0, 0.1) is 5.82 Å². The molecule has 0 fully saturated rings. The zero-order valence-electron chi connectivity index (χ0n) is 9.02. The number of benzene rings is 1. The Kier molecular flexibility index (Phi) is 3.65. The summed E-state index contributed by atoms with van der Waals surface area (Å²) in [7, 11) is -3.79. The summed E-state index contributed by atoms with van der Waals surface area (Å²) in [5, 5.41) is -0.165. The fourth-order valence-corrected chi connectivity index (χ4v) is 2.85. The predicted octanol–water partition coefficient (Wildman–Crippen LogP) is 1.68. The summed E-state index contributed by atoms with van der Waals surface area (Å²) in [6.45, 7) is 0.00301. The maximum Gasteiger partial charge on any atom is 0.242 e. The zero-order valence-corrected chi connectivity index (χ0v) is 10.6. The molecule has 0 radical (unpaired) electrons. The molecule has 1 heterocycles. The lowest BCUT2D eigenvalue weighted by molar-refractivity contribution is 0.579. The average Bonchev–Trinajstić information content (AvgIpc) is 2.78. The number of aromatic nitrogens is 2.